The van der Waals surface area contributed by atoms with E-state index in [0.717, 1.165) is 62.8 Å². The third-order valence-electron chi connectivity index (χ3n) is 5.67. The van der Waals surface area contributed by atoms with Crippen LogP contribution < -0.4 is 5.32 Å². The minimum atomic E-state index is -0.403. The number of nitrogens with one attached hydrogen (secondary N) is 1. The quantitative estimate of drug-likeness (QED) is 0.590. The smallest absolute Gasteiger partial charge is 0.269 e. The summed E-state index contributed by atoms with van der Waals surface area (Å²) < 4.78 is 5.49. The van der Waals surface area contributed by atoms with Gasteiger partial charge in [0.25, 0.3) is 5.69 Å². The number of aromatic nitrogens is 2. The number of ether oxygens (including phenoxy) is 1. The lowest BCUT2D eigenvalue weighted by Crippen LogP contribution is -2.41. The number of nitrogens with zero attached hydrogens (tertiary/aromatic N) is 4. The first-order valence-electron chi connectivity index (χ1n) is 10.2. The van der Waals surface area contributed by atoms with E-state index in [1.807, 2.05) is 13.0 Å². The van der Waals surface area contributed by atoms with Gasteiger partial charge in [0, 0.05) is 61.7 Å². The zero-order chi connectivity index (χ0) is 20.2. The number of rotatable bonds is 6. The molecule has 0 saturated carbocycles. The number of likely N-dealkylation sites (tertiary alicyclic amines) is 1. The third-order valence-corrected chi connectivity index (χ3v) is 5.67. The summed E-state index contributed by atoms with van der Waals surface area (Å²) in [5, 5.41) is 14.4. The van der Waals surface area contributed by atoms with E-state index in [2.05, 4.69) is 20.2 Å². The first-order valence-corrected chi connectivity index (χ1v) is 10.2. The second kappa shape index (κ2) is 8.84. The normalized spacial score (nSPS) is 20.7. The van der Waals surface area contributed by atoms with E-state index < -0.39 is 4.92 Å². The van der Waals surface area contributed by atoms with Crippen LogP contribution >= 0.6 is 0 Å². The largest absolute Gasteiger partial charge is 0.381 e. The lowest BCUT2D eigenvalue weighted by atomic mass is 10.0. The van der Waals surface area contributed by atoms with Crippen molar-refractivity contribution < 1.29 is 9.66 Å². The van der Waals surface area contributed by atoms with Crippen molar-refractivity contribution in [2.75, 3.05) is 38.2 Å². The zero-order valence-corrected chi connectivity index (χ0v) is 16.7. The third kappa shape index (κ3) is 5.07. The van der Waals surface area contributed by atoms with Crippen LogP contribution in [0.2, 0.25) is 0 Å². The molecule has 2 fully saturated rings. The number of nitro benzene ring substituents is 1. The van der Waals surface area contributed by atoms with E-state index in [0.29, 0.717) is 17.8 Å². The van der Waals surface area contributed by atoms with Crippen LogP contribution in [0.25, 0.3) is 11.4 Å². The van der Waals surface area contributed by atoms with Crippen LogP contribution in [-0.2, 0) is 4.74 Å². The summed E-state index contributed by atoms with van der Waals surface area (Å²) in [6.45, 7) is 7.08. The summed E-state index contributed by atoms with van der Waals surface area (Å²) in [4.78, 5) is 22.1. The van der Waals surface area contributed by atoms with Crippen molar-refractivity contribution in [3.05, 3.63) is 46.1 Å². The molecule has 1 N–H and O–H groups in total. The van der Waals surface area contributed by atoms with Gasteiger partial charge >= 0.3 is 0 Å². The molecule has 29 heavy (non-hydrogen) atoms. The Labute approximate surface area is 170 Å². The minimum Gasteiger partial charge on any atom is -0.381 e. The van der Waals surface area contributed by atoms with Crippen molar-refractivity contribution in [2.24, 2.45) is 5.92 Å². The number of hydrogen-bond acceptors (Lipinski definition) is 7. The summed E-state index contributed by atoms with van der Waals surface area (Å²) in [7, 11) is 0. The van der Waals surface area contributed by atoms with Crippen LogP contribution in [-0.4, -0.2) is 58.7 Å². The maximum atomic E-state index is 10.9. The lowest BCUT2D eigenvalue weighted by molar-refractivity contribution is -0.384. The zero-order valence-electron chi connectivity index (χ0n) is 16.7. The number of benzene rings is 1. The van der Waals surface area contributed by atoms with Gasteiger partial charge in [-0.2, -0.15) is 0 Å². The Hall–Kier alpha value is -2.58. The number of anilines is 1. The molecule has 1 atom stereocenters. The molecule has 3 heterocycles. The fraction of sp³-hybridized carbons (Fsp3) is 0.524. The van der Waals surface area contributed by atoms with Gasteiger partial charge in [-0.05, 0) is 44.2 Å². The Bertz CT molecular complexity index is 844. The summed E-state index contributed by atoms with van der Waals surface area (Å²) in [5.41, 5.74) is 1.71. The van der Waals surface area contributed by atoms with Crippen LogP contribution in [0.1, 0.15) is 25.0 Å². The first kappa shape index (κ1) is 19.7. The highest BCUT2D eigenvalue weighted by molar-refractivity contribution is 5.59. The summed E-state index contributed by atoms with van der Waals surface area (Å²) in [5.74, 6) is 2.09. The molecule has 0 radical (unpaired) electrons. The van der Waals surface area contributed by atoms with Gasteiger partial charge in [0.05, 0.1) is 11.5 Å². The van der Waals surface area contributed by atoms with Gasteiger partial charge in [-0.3, -0.25) is 10.1 Å². The molecule has 2 aliphatic rings. The van der Waals surface area contributed by atoms with E-state index in [1.54, 1.807) is 12.1 Å². The Kier molecular flexibility index (Phi) is 6.01. The molecule has 8 heteroatoms. The molecule has 0 amide bonds. The van der Waals surface area contributed by atoms with Gasteiger partial charge in [0.15, 0.2) is 5.82 Å². The monoisotopic (exact) mass is 397 g/mol. The molecule has 0 aliphatic carbocycles. The first-order chi connectivity index (χ1) is 14.1. The second-order valence-electron chi connectivity index (χ2n) is 7.97. The summed E-state index contributed by atoms with van der Waals surface area (Å²) >= 11 is 0. The lowest BCUT2D eigenvalue weighted by Gasteiger charge is -2.33. The van der Waals surface area contributed by atoms with Crippen LogP contribution in [0, 0.1) is 23.0 Å². The maximum absolute atomic E-state index is 10.9. The average Bonchev–Trinajstić information content (AvgIpc) is 3.22. The van der Waals surface area contributed by atoms with Crippen LogP contribution in [0.4, 0.5) is 11.5 Å². The number of non-ortho nitro benzene ring substituents is 1. The van der Waals surface area contributed by atoms with Gasteiger partial charge in [-0.25, -0.2) is 9.97 Å². The topological polar surface area (TPSA) is 93.4 Å². The Morgan fingerprint density at radius 1 is 1.21 bits per heavy atom. The molecule has 2 saturated heterocycles. The van der Waals surface area contributed by atoms with Crippen molar-refractivity contribution in [1.29, 1.82) is 0 Å². The van der Waals surface area contributed by atoms with Gasteiger partial charge in [-0.1, -0.05) is 0 Å². The SMILES string of the molecule is Cc1cc(NC2CCN(CC3CCOC3)CC2)nc(-c2ccc([N+](=O)[O-])cc2)n1. The molecule has 2 aromatic rings. The molecule has 0 spiro atoms. The van der Waals surface area contributed by atoms with Crippen molar-refractivity contribution >= 4 is 11.5 Å². The highest BCUT2D eigenvalue weighted by Crippen LogP contribution is 2.23. The van der Waals surface area contributed by atoms with E-state index in [-0.39, 0.29) is 5.69 Å². The second-order valence-corrected chi connectivity index (χ2v) is 7.97. The molecular weight excluding hydrogens is 370 g/mol. The Balaban J connectivity index is 1.37. The molecule has 1 aromatic heterocycles. The van der Waals surface area contributed by atoms with E-state index in [4.69, 9.17) is 4.74 Å². The van der Waals surface area contributed by atoms with Crippen molar-refractivity contribution in [3.8, 4) is 11.4 Å². The van der Waals surface area contributed by atoms with Crippen molar-refractivity contribution in [1.82, 2.24) is 14.9 Å². The van der Waals surface area contributed by atoms with E-state index >= 15 is 0 Å². The van der Waals surface area contributed by atoms with Gasteiger partial charge in [0.2, 0.25) is 0 Å². The molecule has 4 rings (SSSR count). The standard InChI is InChI=1S/C21H27N5O3/c1-15-12-20(24-21(22-15)17-2-4-19(5-3-17)26(27)28)23-18-6-9-25(10-7-18)13-16-8-11-29-14-16/h2-5,12,16,18H,6-11,13-14H2,1H3,(H,22,23,24). The van der Waals surface area contributed by atoms with Crippen LogP contribution in [0.5, 0.6) is 0 Å². The summed E-state index contributed by atoms with van der Waals surface area (Å²) in [6.07, 6.45) is 3.36. The minimum absolute atomic E-state index is 0.0654. The Morgan fingerprint density at radius 2 is 1.97 bits per heavy atom. The molecule has 1 aromatic carbocycles. The highest BCUT2D eigenvalue weighted by atomic mass is 16.6. The number of nitro groups is 1. The maximum Gasteiger partial charge on any atom is 0.269 e. The Morgan fingerprint density at radius 3 is 2.62 bits per heavy atom. The fourth-order valence-electron chi connectivity index (χ4n) is 4.07. The van der Waals surface area contributed by atoms with Gasteiger partial charge in [0.1, 0.15) is 5.82 Å². The predicted octanol–water partition coefficient (Wildman–Crippen LogP) is 3.27. The number of piperidine rings is 1. The molecule has 1 unspecified atom stereocenters. The van der Waals surface area contributed by atoms with E-state index in [1.165, 1.54) is 18.6 Å². The predicted molar refractivity (Wildman–Crippen MR) is 111 cm³/mol. The molecule has 0 bridgehead atoms. The van der Waals surface area contributed by atoms with Crippen LogP contribution in [0.15, 0.2) is 30.3 Å². The number of hydrogen-bond donors (Lipinski definition) is 1. The van der Waals surface area contributed by atoms with Gasteiger partial charge in [-0.15, -0.1) is 0 Å². The van der Waals surface area contributed by atoms with Crippen molar-refractivity contribution in [2.45, 2.75) is 32.2 Å². The molecule has 2 aliphatic heterocycles. The number of aryl methyl sites for hydroxylation is 1. The fourth-order valence-corrected chi connectivity index (χ4v) is 4.07. The van der Waals surface area contributed by atoms with Crippen molar-refractivity contribution in [3.63, 3.8) is 0 Å². The molecule has 8 nitrogen and oxygen atoms in total. The molecule has 154 valence electrons. The summed E-state index contributed by atoms with van der Waals surface area (Å²) in [6, 6.07) is 8.71. The molecular formula is C21H27N5O3. The average molecular weight is 397 g/mol. The van der Waals surface area contributed by atoms with Crippen LogP contribution in [0.3, 0.4) is 0 Å². The van der Waals surface area contributed by atoms with E-state index in [9.17, 15) is 10.1 Å². The van der Waals surface area contributed by atoms with Gasteiger partial charge < -0.3 is 15.0 Å². The highest BCUT2D eigenvalue weighted by Gasteiger charge is 2.24.